The number of morpholine rings is 1. The third-order valence-electron chi connectivity index (χ3n) is 5.60. The molecule has 0 N–H and O–H groups in total. The molecule has 4 heterocycles. The number of fused-ring (bicyclic) bond motifs is 1. The van der Waals surface area contributed by atoms with E-state index in [1.807, 2.05) is 22.8 Å². The Balaban J connectivity index is 1.37. The molecule has 1 aliphatic heterocycles. The highest BCUT2D eigenvalue weighted by atomic mass is 16.5. The molecule has 1 atom stereocenters. The lowest BCUT2D eigenvalue weighted by atomic mass is 10.1. The molecular weight excluding hydrogens is 374 g/mol. The van der Waals surface area contributed by atoms with Crippen molar-refractivity contribution in [3.05, 3.63) is 83.4 Å². The summed E-state index contributed by atoms with van der Waals surface area (Å²) in [6.45, 7) is 7.67. The molecule has 1 saturated heterocycles. The first-order valence-corrected chi connectivity index (χ1v) is 10.3. The molecule has 5 rings (SSSR count). The first-order chi connectivity index (χ1) is 14.7. The lowest BCUT2D eigenvalue weighted by molar-refractivity contribution is -0.0343. The predicted octanol–water partition coefficient (Wildman–Crippen LogP) is 3.98. The van der Waals surface area contributed by atoms with Crippen molar-refractivity contribution in [1.29, 1.82) is 0 Å². The minimum Gasteiger partial charge on any atom is -0.369 e. The van der Waals surface area contributed by atoms with Gasteiger partial charge in [0.1, 0.15) is 11.8 Å². The summed E-state index contributed by atoms with van der Waals surface area (Å²) in [4.78, 5) is 6.53. The maximum atomic E-state index is 6.09. The number of aryl methyl sites for hydroxylation is 2. The van der Waals surface area contributed by atoms with Gasteiger partial charge in [-0.15, -0.1) is 5.10 Å². The standard InChI is InChI=1S/C24H25N5O/c1-17-11-18(2)13-19(12-17)14-28-9-10-30-23(16-28)24-22-4-3-21(15-29(22)27-26-24)20-5-7-25-8-6-20/h3-8,11-13,15,23H,9-10,14,16H2,1-2H3/t23-/m1/s1. The third-order valence-corrected chi connectivity index (χ3v) is 5.60. The Morgan fingerprint density at radius 3 is 2.60 bits per heavy atom. The molecule has 0 spiro atoms. The van der Waals surface area contributed by atoms with Gasteiger partial charge in [-0.05, 0) is 43.2 Å². The fraction of sp³-hybridized carbons (Fsp3) is 0.292. The predicted molar refractivity (Wildman–Crippen MR) is 116 cm³/mol. The largest absolute Gasteiger partial charge is 0.369 e. The minimum atomic E-state index is -0.0751. The maximum absolute atomic E-state index is 6.09. The average molecular weight is 399 g/mol. The number of aromatic nitrogens is 4. The third kappa shape index (κ3) is 3.84. The van der Waals surface area contributed by atoms with Crippen LogP contribution in [0.5, 0.6) is 0 Å². The monoisotopic (exact) mass is 399 g/mol. The molecule has 0 saturated carbocycles. The number of benzene rings is 1. The highest BCUT2D eigenvalue weighted by Gasteiger charge is 2.26. The van der Waals surface area contributed by atoms with Crippen molar-refractivity contribution >= 4 is 5.52 Å². The molecule has 1 aromatic carbocycles. The van der Waals surface area contributed by atoms with Gasteiger partial charge in [-0.2, -0.15) is 0 Å². The average Bonchev–Trinajstić information content (AvgIpc) is 3.17. The molecule has 3 aromatic heterocycles. The molecule has 1 aliphatic rings. The van der Waals surface area contributed by atoms with Crippen LogP contribution in [0.4, 0.5) is 0 Å². The molecular formula is C24H25N5O. The van der Waals surface area contributed by atoms with E-state index >= 15 is 0 Å². The zero-order valence-electron chi connectivity index (χ0n) is 17.3. The van der Waals surface area contributed by atoms with Gasteiger partial charge >= 0.3 is 0 Å². The van der Waals surface area contributed by atoms with Crippen molar-refractivity contribution in [2.75, 3.05) is 19.7 Å². The smallest absolute Gasteiger partial charge is 0.121 e. The van der Waals surface area contributed by atoms with Crippen molar-refractivity contribution in [3.8, 4) is 11.1 Å². The summed E-state index contributed by atoms with van der Waals surface area (Å²) in [7, 11) is 0. The lowest BCUT2D eigenvalue weighted by Gasteiger charge is -2.32. The van der Waals surface area contributed by atoms with Crippen LogP contribution < -0.4 is 0 Å². The Bertz CT molecular complexity index is 1150. The van der Waals surface area contributed by atoms with Crippen LogP contribution in [0.3, 0.4) is 0 Å². The summed E-state index contributed by atoms with van der Waals surface area (Å²) in [5.74, 6) is 0. The van der Waals surface area contributed by atoms with E-state index in [4.69, 9.17) is 4.74 Å². The summed E-state index contributed by atoms with van der Waals surface area (Å²) in [6.07, 6.45) is 5.53. The number of hydrogen-bond donors (Lipinski definition) is 0. The summed E-state index contributed by atoms with van der Waals surface area (Å²) in [5, 5.41) is 8.84. The van der Waals surface area contributed by atoms with E-state index in [9.17, 15) is 0 Å². The van der Waals surface area contributed by atoms with Crippen LogP contribution >= 0.6 is 0 Å². The highest BCUT2D eigenvalue weighted by molar-refractivity contribution is 5.65. The van der Waals surface area contributed by atoms with Crippen LogP contribution in [0, 0.1) is 13.8 Å². The summed E-state index contributed by atoms with van der Waals surface area (Å²) >= 11 is 0. The van der Waals surface area contributed by atoms with E-state index in [1.54, 1.807) is 12.4 Å². The zero-order valence-corrected chi connectivity index (χ0v) is 17.3. The van der Waals surface area contributed by atoms with Gasteiger partial charge in [0.25, 0.3) is 0 Å². The normalized spacial score (nSPS) is 17.5. The van der Waals surface area contributed by atoms with E-state index in [2.05, 4.69) is 64.4 Å². The molecule has 0 unspecified atom stereocenters. The number of hydrogen-bond acceptors (Lipinski definition) is 5. The molecule has 152 valence electrons. The van der Waals surface area contributed by atoms with Crippen LogP contribution in [0.25, 0.3) is 16.6 Å². The van der Waals surface area contributed by atoms with Crippen LogP contribution in [0.2, 0.25) is 0 Å². The molecule has 0 radical (unpaired) electrons. The Hall–Kier alpha value is -3.09. The molecule has 30 heavy (non-hydrogen) atoms. The van der Waals surface area contributed by atoms with Crippen LogP contribution in [0.1, 0.15) is 28.5 Å². The zero-order chi connectivity index (χ0) is 20.5. The quantitative estimate of drug-likeness (QED) is 0.520. The molecule has 6 heteroatoms. The SMILES string of the molecule is Cc1cc(C)cc(CN2CCO[C@@H](c3nnn4cc(-c5ccncc5)ccc34)C2)c1. The van der Waals surface area contributed by atoms with Gasteiger partial charge in [-0.3, -0.25) is 9.88 Å². The number of pyridine rings is 2. The lowest BCUT2D eigenvalue weighted by Crippen LogP contribution is -2.38. The highest BCUT2D eigenvalue weighted by Crippen LogP contribution is 2.27. The van der Waals surface area contributed by atoms with Gasteiger partial charge in [0.2, 0.25) is 0 Å². The van der Waals surface area contributed by atoms with E-state index in [0.717, 1.165) is 42.0 Å². The minimum absolute atomic E-state index is 0.0751. The number of ether oxygens (including phenoxy) is 1. The Kier molecular flexibility index (Phi) is 5.02. The second-order valence-electron chi connectivity index (χ2n) is 8.05. The van der Waals surface area contributed by atoms with Gasteiger partial charge in [-0.1, -0.05) is 40.6 Å². The van der Waals surface area contributed by atoms with Gasteiger partial charge in [0.05, 0.1) is 12.1 Å². The van der Waals surface area contributed by atoms with E-state index in [0.29, 0.717) is 6.61 Å². The van der Waals surface area contributed by atoms with E-state index in [-0.39, 0.29) is 6.10 Å². The van der Waals surface area contributed by atoms with Crippen LogP contribution in [-0.2, 0) is 11.3 Å². The number of nitrogens with zero attached hydrogens (tertiary/aromatic N) is 5. The summed E-state index contributed by atoms with van der Waals surface area (Å²) in [5.41, 5.74) is 8.06. The van der Waals surface area contributed by atoms with Crippen molar-refractivity contribution < 1.29 is 4.74 Å². The second-order valence-corrected chi connectivity index (χ2v) is 8.05. The molecule has 0 bridgehead atoms. The Labute approximate surface area is 176 Å². The van der Waals surface area contributed by atoms with E-state index < -0.39 is 0 Å². The molecule has 0 aliphatic carbocycles. The van der Waals surface area contributed by atoms with Crippen molar-refractivity contribution in [1.82, 2.24) is 24.7 Å². The van der Waals surface area contributed by atoms with Gasteiger partial charge in [0, 0.05) is 43.8 Å². The summed E-state index contributed by atoms with van der Waals surface area (Å²) in [6, 6.07) is 14.9. The van der Waals surface area contributed by atoms with Crippen LogP contribution in [0.15, 0.2) is 61.1 Å². The first kappa shape index (κ1) is 18.9. The fourth-order valence-corrected chi connectivity index (χ4v) is 4.29. The van der Waals surface area contributed by atoms with Crippen molar-refractivity contribution in [3.63, 3.8) is 0 Å². The topological polar surface area (TPSA) is 55.5 Å². The van der Waals surface area contributed by atoms with Crippen molar-refractivity contribution in [2.45, 2.75) is 26.5 Å². The second kappa shape index (κ2) is 7.97. The molecule has 4 aromatic rings. The van der Waals surface area contributed by atoms with E-state index in [1.165, 1.54) is 16.7 Å². The van der Waals surface area contributed by atoms with Gasteiger partial charge in [-0.25, -0.2) is 4.52 Å². The molecule has 0 amide bonds. The summed E-state index contributed by atoms with van der Waals surface area (Å²) < 4.78 is 7.94. The van der Waals surface area contributed by atoms with Gasteiger partial charge < -0.3 is 4.74 Å². The van der Waals surface area contributed by atoms with Gasteiger partial charge in [0.15, 0.2) is 0 Å². The Morgan fingerprint density at radius 1 is 1.00 bits per heavy atom. The molecule has 1 fully saturated rings. The fourth-order valence-electron chi connectivity index (χ4n) is 4.29. The number of rotatable bonds is 4. The van der Waals surface area contributed by atoms with Crippen LogP contribution in [-0.4, -0.2) is 44.4 Å². The Morgan fingerprint density at radius 2 is 1.80 bits per heavy atom. The maximum Gasteiger partial charge on any atom is 0.121 e. The molecule has 6 nitrogen and oxygen atoms in total. The first-order valence-electron chi connectivity index (χ1n) is 10.3. The van der Waals surface area contributed by atoms with Crippen molar-refractivity contribution in [2.24, 2.45) is 0 Å².